The highest BCUT2D eigenvalue weighted by molar-refractivity contribution is 5.89. The van der Waals surface area contributed by atoms with Crippen molar-refractivity contribution in [3.05, 3.63) is 35.4 Å². The van der Waals surface area contributed by atoms with Gasteiger partial charge in [0.2, 0.25) is 0 Å². The topological polar surface area (TPSA) is 57.5 Å². The van der Waals surface area contributed by atoms with E-state index in [1.807, 2.05) is 12.1 Å². The number of carbonyl (C=O) groups is 1. The number of aliphatic hydroxyl groups excluding tert-OH is 1. The highest BCUT2D eigenvalue weighted by Crippen LogP contribution is 2.43. The van der Waals surface area contributed by atoms with Crippen LogP contribution >= 0.6 is 0 Å². The van der Waals surface area contributed by atoms with Crippen molar-refractivity contribution in [2.45, 2.75) is 52.1 Å². The van der Waals surface area contributed by atoms with E-state index in [4.69, 9.17) is 0 Å². The van der Waals surface area contributed by atoms with Gasteiger partial charge >= 0.3 is 5.97 Å². The predicted octanol–water partition coefficient (Wildman–Crippen LogP) is 3.68. The number of aliphatic hydroxyl groups is 1. The van der Waals surface area contributed by atoms with Gasteiger partial charge in [-0.05, 0) is 42.2 Å². The fourth-order valence-corrected chi connectivity index (χ4v) is 3.31. The smallest absolute Gasteiger partial charge is 0.335 e. The Labute approximate surface area is 120 Å². The van der Waals surface area contributed by atoms with Gasteiger partial charge in [0.15, 0.2) is 0 Å². The minimum atomic E-state index is -0.911. The molecule has 1 aliphatic carbocycles. The van der Waals surface area contributed by atoms with Crippen molar-refractivity contribution in [3.8, 4) is 0 Å². The maximum atomic E-state index is 11.3. The number of carboxylic acids is 1. The molecule has 1 aromatic rings. The van der Waals surface area contributed by atoms with Gasteiger partial charge in [0.25, 0.3) is 0 Å². The summed E-state index contributed by atoms with van der Waals surface area (Å²) in [5.41, 5.74) is 1.30. The lowest BCUT2D eigenvalue weighted by atomic mass is 9.67. The zero-order valence-electron chi connectivity index (χ0n) is 12.5. The van der Waals surface area contributed by atoms with Crippen LogP contribution in [0.25, 0.3) is 0 Å². The molecule has 2 N–H and O–H groups in total. The zero-order chi connectivity index (χ0) is 14.9. The summed E-state index contributed by atoms with van der Waals surface area (Å²) in [5, 5.41) is 19.8. The Morgan fingerprint density at radius 3 is 2.40 bits per heavy atom. The summed E-state index contributed by atoms with van der Waals surface area (Å²) in [5.74, 6) is -0.475. The predicted molar refractivity (Wildman–Crippen MR) is 78.9 cm³/mol. The number of hydrogen-bond donors (Lipinski definition) is 2. The van der Waals surface area contributed by atoms with Crippen molar-refractivity contribution >= 4 is 5.97 Å². The summed E-state index contributed by atoms with van der Waals surface area (Å²) in [6.07, 6.45) is 2.20. The molecule has 0 heterocycles. The van der Waals surface area contributed by atoms with E-state index in [9.17, 15) is 15.0 Å². The molecule has 0 amide bonds. The molecule has 0 aromatic heterocycles. The van der Waals surface area contributed by atoms with Crippen LogP contribution in [0.4, 0.5) is 0 Å². The van der Waals surface area contributed by atoms with Gasteiger partial charge in [0.1, 0.15) is 0 Å². The molecule has 1 aliphatic rings. The van der Waals surface area contributed by atoms with Crippen molar-refractivity contribution in [3.63, 3.8) is 0 Å². The van der Waals surface area contributed by atoms with E-state index in [-0.39, 0.29) is 11.3 Å². The van der Waals surface area contributed by atoms with Crippen LogP contribution in [-0.2, 0) is 0 Å². The SMILES string of the molecule is CC(C)(C)C1CCC(c2ccccc2C(=O)O)C(O)C1. The fraction of sp³-hybridized carbons (Fsp3) is 0.588. The van der Waals surface area contributed by atoms with Crippen LogP contribution in [0.5, 0.6) is 0 Å². The molecule has 2 rings (SSSR count). The fourth-order valence-electron chi connectivity index (χ4n) is 3.31. The first-order chi connectivity index (χ1) is 9.30. The van der Waals surface area contributed by atoms with Crippen LogP contribution in [0.3, 0.4) is 0 Å². The lowest BCUT2D eigenvalue weighted by Crippen LogP contribution is -2.34. The van der Waals surface area contributed by atoms with Gasteiger partial charge in [-0.25, -0.2) is 4.79 Å². The van der Waals surface area contributed by atoms with Gasteiger partial charge in [-0.2, -0.15) is 0 Å². The molecule has 0 aliphatic heterocycles. The Bertz CT molecular complexity index is 487. The molecule has 3 heteroatoms. The van der Waals surface area contributed by atoms with Crippen LogP contribution in [0.1, 0.15) is 61.9 Å². The summed E-state index contributed by atoms with van der Waals surface area (Å²) in [6.45, 7) is 6.61. The number of aromatic carboxylic acids is 1. The van der Waals surface area contributed by atoms with Crippen molar-refractivity contribution in [1.82, 2.24) is 0 Å². The number of carboxylic acid groups (broad SMARTS) is 1. The van der Waals surface area contributed by atoms with E-state index in [1.54, 1.807) is 12.1 Å². The first-order valence-electron chi connectivity index (χ1n) is 7.31. The first kappa shape index (κ1) is 15.0. The van der Waals surface area contributed by atoms with Gasteiger partial charge in [-0.15, -0.1) is 0 Å². The van der Waals surface area contributed by atoms with E-state index < -0.39 is 12.1 Å². The summed E-state index contributed by atoms with van der Waals surface area (Å²) >= 11 is 0. The molecular formula is C17H24O3. The molecular weight excluding hydrogens is 252 g/mol. The molecule has 1 fully saturated rings. The van der Waals surface area contributed by atoms with Crippen molar-refractivity contribution in [1.29, 1.82) is 0 Å². The second-order valence-electron chi connectivity index (χ2n) is 6.94. The number of benzene rings is 1. The van der Waals surface area contributed by atoms with Crippen molar-refractivity contribution < 1.29 is 15.0 Å². The van der Waals surface area contributed by atoms with Gasteiger partial charge in [-0.1, -0.05) is 39.0 Å². The molecule has 20 heavy (non-hydrogen) atoms. The van der Waals surface area contributed by atoms with E-state index in [2.05, 4.69) is 20.8 Å². The van der Waals surface area contributed by atoms with E-state index in [0.29, 0.717) is 11.5 Å². The molecule has 0 radical (unpaired) electrons. The molecule has 0 spiro atoms. The summed E-state index contributed by atoms with van der Waals surface area (Å²) in [4.78, 5) is 11.3. The van der Waals surface area contributed by atoms with E-state index in [1.165, 1.54) is 0 Å². The molecule has 3 unspecified atom stereocenters. The molecule has 0 saturated heterocycles. The van der Waals surface area contributed by atoms with Gasteiger partial charge in [0.05, 0.1) is 11.7 Å². The highest BCUT2D eigenvalue weighted by Gasteiger charge is 2.36. The summed E-state index contributed by atoms with van der Waals surface area (Å²) < 4.78 is 0. The Balaban J connectivity index is 2.22. The lowest BCUT2D eigenvalue weighted by molar-refractivity contribution is 0.0401. The molecule has 0 bridgehead atoms. The Morgan fingerprint density at radius 2 is 1.85 bits per heavy atom. The quantitative estimate of drug-likeness (QED) is 0.866. The molecule has 1 aromatic carbocycles. The van der Waals surface area contributed by atoms with Gasteiger partial charge in [-0.3, -0.25) is 0 Å². The molecule has 3 nitrogen and oxygen atoms in total. The van der Waals surface area contributed by atoms with Crippen molar-refractivity contribution in [2.24, 2.45) is 11.3 Å². The number of hydrogen-bond acceptors (Lipinski definition) is 2. The standard InChI is InChI=1S/C17H24O3/c1-17(2,3)11-8-9-13(15(18)10-11)12-6-4-5-7-14(12)16(19)20/h4-7,11,13,15,18H,8-10H2,1-3H3,(H,19,20). The average Bonchev–Trinajstić information content (AvgIpc) is 2.37. The van der Waals surface area contributed by atoms with E-state index >= 15 is 0 Å². The Hall–Kier alpha value is -1.35. The second-order valence-corrected chi connectivity index (χ2v) is 6.94. The van der Waals surface area contributed by atoms with Crippen LogP contribution < -0.4 is 0 Å². The maximum Gasteiger partial charge on any atom is 0.335 e. The Morgan fingerprint density at radius 1 is 1.20 bits per heavy atom. The minimum Gasteiger partial charge on any atom is -0.478 e. The number of rotatable bonds is 2. The van der Waals surface area contributed by atoms with Crippen LogP contribution in [0, 0.1) is 11.3 Å². The third-order valence-electron chi connectivity index (χ3n) is 4.63. The lowest BCUT2D eigenvalue weighted by Gasteiger charge is -2.40. The first-order valence-corrected chi connectivity index (χ1v) is 7.31. The van der Waals surface area contributed by atoms with E-state index in [0.717, 1.165) is 24.8 Å². The molecule has 1 saturated carbocycles. The van der Waals surface area contributed by atoms with Crippen LogP contribution in [0.15, 0.2) is 24.3 Å². The average molecular weight is 276 g/mol. The normalized spacial score (nSPS) is 27.3. The Kier molecular flexibility index (Phi) is 4.19. The maximum absolute atomic E-state index is 11.3. The molecule has 3 atom stereocenters. The summed E-state index contributed by atoms with van der Waals surface area (Å²) in [7, 11) is 0. The van der Waals surface area contributed by atoms with Crippen LogP contribution in [-0.4, -0.2) is 22.3 Å². The molecule has 110 valence electrons. The third kappa shape index (κ3) is 3.04. The van der Waals surface area contributed by atoms with Crippen molar-refractivity contribution in [2.75, 3.05) is 0 Å². The van der Waals surface area contributed by atoms with Gasteiger partial charge in [0, 0.05) is 5.92 Å². The summed E-state index contributed by atoms with van der Waals surface area (Å²) in [6, 6.07) is 7.06. The zero-order valence-corrected chi connectivity index (χ0v) is 12.5. The second kappa shape index (κ2) is 5.57. The van der Waals surface area contributed by atoms with Gasteiger partial charge < -0.3 is 10.2 Å². The highest BCUT2D eigenvalue weighted by atomic mass is 16.4. The van der Waals surface area contributed by atoms with Crippen LogP contribution in [0.2, 0.25) is 0 Å². The third-order valence-corrected chi connectivity index (χ3v) is 4.63. The minimum absolute atomic E-state index is 0.0547. The largest absolute Gasteiger partial charge is 0.478 e. The monoisotopic (exact) mass is 276 g/mol.